The van der Waals surface area contributed by atoms with Gasteiger partial charge < -0.3 is 0 Å². The molecule has 1 aromatic rings. The summed E-state index contributed by atoms with van der Waals surface area (Å²) in [6.45, 7) is 1.24. The highest BCUT2D eigenvalue weighted by Gasteiger charge is 2.72. The van der Waals surface area contributed by atoms with Crippen LogP contribution in [0.1, 0.15) is 20.8 Å². The van der Waals surface area contributed by atoms with Gasteiger partial charge in [-0.15, -0.1) is 11.3 Å². The summed E-state index contributed by atoms with van der Waals surface area (Å²) in [7, 11) is 0. The van der Waals surface area contributed by atoms with Crippen LogP contribution in [-0.2, 0) is 6.42 Å². The summed E-state index contributed by atoms with van der Waals surface area (Å²) in [5.41, 5.74) is -0.486. The molecule has 0 radical (unpaired) electrons. The first-order valence-corrected chi connectivity index (χ1v) is 6.51. The molecule has 0 aromatic carbocycles. The van der Waals surface area contributed by atoms with E-state index in [0.717, 1.165) is 0 Å². The molecule has 0 saturated carbocycles. The molecule has 1 nitrogen and oxygen atoms in total. The number of rotatable bonds is 4. The molecular formula is C10H6BrF7OS. The first-order valence-electron chi connectivity index (χ1n) is 4.90. The van der Waals surface area contributed by atoms with Gasteiger partial charge in [-0.05, 0) is 34.0 Å². The molecule has 10 heteroatoms. The molecule has 114 valence electrons. The molecule has 1 heterocycles. The predicted octanol–water partition coefficient (Wildman–Crippen LogP) is 5.01. The van der Waals surface area contributed by atoms with Gasteiger partial charge in [-0.3, -0.25) is 4.79 Å². The number of carbonyl (C=O) groups is 1. The molecule has 0 unspecified atom stereocenters. The molecule has 1 rings (SSSR count). The van der Waals surface area contributed by atoms with E-state index in [9.17, 15) is 35.5 Å². The standard InChI is InChI=1S/C10H6BrF7OS/c1-4-5(6(3-19)20-7(4)11)2-8(12,13)9(14,15)10(16,17)18/h3H,2H2,1H3. The van der Waals surface area contributed by atoms with Gasteiger partial charge in [0.05, 0.1) is 8.66 Å². The molecule has 0 aliphatic heterocycles. The van der Waals surface area contributed by atoms with Crippen LogP contribution < -0.4 is 0 Å². The van der Waals surface area contributed by atoms with Crippen LogP contribution in [0, 0.1) is 6.92 Å². The van der Waals surface area contributed by atoms with E-state index >= 15 is 0 Å². The van der Waals surface area contributed by atoms with E-state index in [-0.39, 0.29) is 20.5 Å². The fourth-order valence-electron chi connectivity index (χ4n) is 1.39. The minimum atomic E-state index is -6.38. The van der Waals surface area contributed by atoms with Crippen molar-refractivity contribution in [2.45, 2.75) is 31.4 Å². The van der Waals surface area contributed by atoms with Crippen LogP contribution in [0.3, 0.4) is 0 Å². The molecule has 0 bridgehead atoms. The lowest BCUT2D eigenvalue weighted by Crippen LogP contribution is -2.53. The molecular weight excluding hydrogens is 381 g/mol. The third-order valence-corrected chi connectivity index (χ3v) is 4.69. The number of aldehydes is 1. The maximum absolute atomic E-state index is 13.3. The Morgan fingerprint density at radius 2 is 1.65 bits per heavy atom. The third-order valence-electron chi connectivity index (χ3n) is 2.57. The average molecular weight is 387 g/mol. The van der Waals surface area contributed by atoms with Crippen molar-refractivity contribution in [3.8, 4) is 0 Å². The highest BCUT2D eigenvalue weighted by atomic mass is 79.9. The molecule has 0 saturated heterocycles. The second-order valence-corrected chi connectivity index (χ2v) is 6.28. The van der Waals surface area contributed by atoms with Crippen LogP contribution in [0.2, 0.25) is 0 Å². The second-order valence-electron chi connectivity index (χ2n) is 3.91. The quantitative estimate of drug-likeness (QED) is 0.525. The number of alkyl halides is 7. The van der Waals surface area contributed by atoms with Gasteiger partial charge >= 0.3 is 18.0 Å². The molecule has 0 aliphatic carbocycles. The maximum Gasteiger partial charge on any atom is 0.459 e. The van der Waals surface area contributed by atoms with Crippen molar-refractivity contribution >= 4 is 33.6 Å². The fourth-order valence-corrected chi connectivity index (χ4v) is 3.02. The number of hydrogen-bond acceptors (Lipinski definition) is 2. The molecule has 1 aromatic heterocycles. The third kappa shape index (κ3) is 2.85. The Morgan fingerprint density at radius 3 is 2.05 bits per heavy atom. The Kier molecular flexibility index (Phi) is 4.60. The number of halogens is 8. The summed E-state index contributed by atoms with van der Waals surface area (Å²) in [4.78, 5) is 10.3. The Balaban J connectivity index is 3.24. The fraction of sp³-hybridized carbons (Fsp3) is 0.500. The van der Waals surface area contributed by atoms with Crippen LogP contribution in [0.5, 0.6) is 0 Å². The normalized spacial score (nSPS) is 13.7. The largest absolute Gasteiger partial charge is 0.459 e. The SMILES string of the molecule is Cc1c(Br)sc(C=O)c1CC(F)(F)C(F)(F)C(F)(F)F. The van der Waals surface area contributed by atoms with Gasteiger partial charge in [0.2, 0.25) is 0 Å². The Morgan fingerprint density at radius 1 is 1.15 bits per heavy atom. The minimum absolute atomic E-state index is 0.0368. The van der Waals surface area contributed by atoms with Gasteiger partial charge in [0.15, 0.2) is 6.29 Å². The molecule has 0 atom stereocenters. The van der Waals surface area contributed by atoms with Crippen LogP contribution in [0.4, 0.5) is 30.7 Å². The number of carbonyl (C=O) groups excluding carboxylic acids is 1. The first-order chi connectivity index (χ1) is 8.85. The van der Waals surface area contributed by atoms with Crippen molar-refractivity contribution in [1.29, 1.82) is 0 Å². The summed E-state index contributed by atoms with van der Waals surface area (Å²) in [6, 6.07) is 0. The van der Waals surface area contributed by atoms with Crippen molar-refractivity contribution in [3.05, 3.63) is 19.8 Å². The average Bonchev–Trinajstić information content (AvgIpc) is 2.54. The zero-order valence-electron chi connectivity index (χ0n) is 9.62. The van der Waals surface area contributed by atoms with Crippen LogP contribution >= 0.6 is 27.3 Å². The van der Waals surface area contributed by atoms with Gasteiger partial charge in [-0.2, -0.15) is 30.7 Å². The van der Waals surface area contributed by atoms with Crippen LogP contribution in [-0.4, -0.2) is 24.3 Å². The summed E-state index contributed by atoms with van der Waals surface area (Å²) in [5.74, 6) is -11.5. The van der Waals surface area contributed by atoms with Crippen LogP contribution in [0.15, 0.2) is 3.79 Å². The summed E-state index contributed by atoms with van der Waals surface area (Å²) in [6.07, 6.45) is -8.11. The molecule has 0 aliphatic rings. The molecule has 20 heavy (non-hydrogen) atoms. The molecule has 0 spiro atoms. The van der Waals surface area contributed by atoms with Gasteiger partial charge in [-0.25, -0.2) is 0 Å². The lowest BCUT2D eigenvalue weighted by atomic mass is 9.99. The van der Waals surface area contributed by atoms with E-state index in [2.05, 4.69) is 15.9 Å². The van der Waals surface area contributed by atoms with E-state index in [1.54, 1.807) is 0 Å². The zero-order chi connectivity index (χ0) is 15.9. The van der Waals surface area contributed by atoms with Gasteiger partial charge in [0.1, 0.15) is 0 Å². The van der Waals surface area contributed by atoms with E-state index in [4.69, 9.17) is 0 Å². The smallest absolute Gasteiger partial charge is 0.297 e. The highest BCUT2D eigenvalue weighted by Crippen LogP contribution is 2.49. The van der Waals surface area contributed by atoms with E-state index in [1.165, 1.54) is 6.92 Å². The molecule has 0 amide bonds. The van der Waals surface area contributed by atoms with E-state index in [0.29, 0.717) is 11.3 Å². The lowest BCUT2D eigenvalue weighted by Gasteiger charge is -2.28. The summed E-state index contributed by atoms with van der Waals surface area (Å²) < 4.78 is 88.4. The molecule has 0 N–H and O–H groups in total. The topological polar surface area (TPSA) is 17.1 Å². The van der Waals surface area contributed by atoms with Gasteiger partial charge in [0.25, 0.3) is 0 Å². The molecule has 0 fully saturated rings. The van der Waals surface area contributed by atoms with Crippen molar-refractivity contribution in [3.63, 3.8) is 0 Å². The highest BCUT2D eigenvalue weighted by molar-refractivity contribution is 9.11. The number of hydrogen-bond donors (Lipinski definition) is 0. The van der Waals surface area contributed by atoms with Gasteiger partial charge in [0, 0.05) is 6.42 Å². The maximum atomic E-state index is 13.3. The second kappa shape index (κ2) is 5.28. The zero-order valence-corrected chi connectivity index (χ0v) is 12.0. The summed E-state index contributed by atoms with van der Waals surface area (Å²) >= 11 is 3.60. The van der Waals surface area contributed by atoms with Crippen molar-refractivity contribution in [2.24, 2.45) is 0 Å². The van der Waals surface area contributed by atoms with Crippen molar-refractivity contribution in [1.82, 2.24) is 0 Å². The van der Waals surface area contributed by atoms with Crippen LogP contribution in [0.25, 0.3) is 0 Å². The Labute approximate surface area is 120 Å². The monoisotopic (exact) mass is 386 g/mol. The lowest BCUT2D eigenvalue weighted by molar-refractivity contribution is -0.354. The van der Waals surface area contributed by atoms with E-state index < -0.39 is 30.0 Å². The predicted molar refractivity (Wildman–Crippen MR) is 61.8 cm³/mol. The first kappa shape index (κ1) is 17.4. The minimum Gasteiger partial charge on any atom is -0.297 e. The Bertz CT molecular complexity index is 520. The number of thiophene rings is 1. The van der Waals surface area contributed by atoms with Crippen molar-refractivity contribution in [2.75, 3.05) is 0 Å². The van der Waals surface area contributed by atoms with Crippen molar-refractivity contribution < 1.29 is 35.5 Å². The summed E-state index contributed by atoms with van der Waals surface area (Å²) in [5, 5.41) is 0. The van der Waals surface area contributed by atoms with Gasteiger partial charge in [-0.1, -0.05) is 0 Å². The Hall–Kier alpha value is -0.640. The van der Waals surface area contributed by atoms with E-state index in [1.807, 2.05) is 0 Å².